The van der Waals surface area contributed by atoms with Crippen molar-refractivity contribution in [3.05, 3.63) is 52.0 Å². The van der Waals surface area contributed by atoms with E-state index in [0.717, 1.165) is 11.3 Å². The second-order valence-electron chi connectivity index (χ2n) is 5.54. The molecule has 3 N–H and O–H groups in total. The maximum atomic E-state index is 10.9. The Morgan fingerprint density at radius 3 is 2.62 bits per heavy atom. The van der Waals surface area contributed by atoms with E-state index in [1.807, 2.05) is 12.1 Å². The van der Waals surface area contributed by atoms with E-state index < -0.39 is 5.91 Å². The summed E-state index contributed by atoms with van der Waals surface area (Å²) < 4.78 is 10.6. The molecule has 2 rings (SSSR count). The number of ether oxygens (including phenoxy) is 2. The van der Waals surface area contributed by atoms with Crippen molar-refractivity contribution in [1.29, 1.82) is 0 Å². The number of anilines is 1. The van der Waals surface area contributed by atoms with E-state index in [9.17, 15) is 4.79 Å². The Morgan fingerprint density at radius 1 is 1.25 bits per heavy atom. The Bertz CT molecular complexity index is 747. The lowest BCUT2D eigenvalue weighted by Crippen LogP contribution is -2.20. The highest BCUT2D eigenvalue weighted by molar-refractivity contribution is 6.32. The lowest BCUT2D eigenvalue weighted by molar-refractivity contribution is -0.119. The second-order valence-corrected chi connectivity index (χ2v) is 5.94. The van der Waals surface area contributed by atoms with Crippen molar-refractivity contribution in [1.82, 2.24) is 0 Å². The smallest absolute Gasteiger partial charge is 0.255 e. The number of halogens is 1. The number of primary amides is 1. The fourth-order valence-electron chi connectivity index (χ4n) is 2.37. The molecule has 2 aromatic carbocycles. The monoisotopic (exact) mass is 348 g/mol. The second kappa shape index (κ2) is 7.93. The Kier molecular flexibility index (Phi) is 5.93. The van der Waals surface area contributed by atoms with Gasteiger partial charge >= 0.3 is 0 Å². The van der Waals surface area contributed by atoms with Crippen molar-refractivity contribution in [2.24, 2.45) is 5.73 Å². The maximum absolute atomic E-state index is 10.9. The van der Waals surface area contributed by atoms with Crippen molar-refractivity contribution < 1.29 is 14.3 Å². The summed E-state index contributed by atoms with van der Waals surface area (Å²) in [5, 5.41) is 3.74. The van der Waals surface area contributed by atoms with Crippen molar-refractivity contribution in [2.45, 2.75) is 20.4 Å². The quantitative estimate of drug-likeness (QED) is 0.803. The first kappa shape index (κ1) is 17.9. The van der Waals surface area contributed by atoms with E-state index in [2.05, 4.69) is 31.3 Å². The third-order valence-corrected chi connectivity index (χ3v) is 3.79. The zero-order valence-corrected chi connectivity index (χ0v) is 14.7. The summed E-state index contributed by atoms with van der Waals surface area (Å²) >= 11 is 6.25. The Labute approximate surface area is 146 Å². The number of nitrogens with one attached hydrogen (secondary N) is 1. The standard InChI is InChI=1S/C18H21ClN2O3/c1-11-4-5-15(12(2)6-11)21-9-13-7-14(19)18(16(8-13)23-3)24-10-17(20)22/h4-8,21H,9-10H2,1-3H3,(H2,20,22). The molecule has 5 nitrogen and oxygen atoms in total. The van der Waals surface area contributed by atoms with E-state index in [1.54, 1.807) is 6.07 Å². The number of carbonyl (C=O) groups excluding carboxylic acids is 1. The summed E-state index contributed by atoms with van der Waals surface area (Å²) in [4.78, 5) is 10.9. The van der Waals surface area contributed by atoms with Gasteiger partial charge in [0.1, 0.15) is 0 Å². The van der Waals surface area contributed by atoms with Gasteiger partial charge in [-0.3, -0.25) is 4.79 Å². The topological polar surface area (TPSA) is 73.6 Å². The SMILES string of the molecule is COc1cc(CNc2ccc(C)cc2C)cc(Cl)c1OCC(N)=O. The highest BCUT2D eigenvalue weighted by Gasteiger charge is 2.13. The predicted octanol–water partition coefficient (Wildman–Crippen LogP) is 3.44. The lowest BCUT2D eigenvalue weighted by Gasteiger charge is -2.15. The molecule has 0 heterocycles. The summed E-state index contributed by atoms with van der Waals surface area (Å²) in [6, 6.07) is 9.82. The number of hydrogen-bond acceptors (Lipinski definition) is 4. The third-order valence-electron chi connectivity index (χ3n) is 3.51. The van der Waals surface area contributed by atoms with Gasteiger partial charge in [-0.1, -0.05) is 29.3 Å². The zero-order chi connectivity index (χ0) is 17.7. The third kappa shape index (κ3) is 4.55. The molecule has 0 saturated carbocycles. The molecule has 0 aromatic heterocycles. The van der Waals surface area contributed by atoms with Crippen LogP contribution in [0.2, 0.25) is 5.02 Å². The molecule has 1 amide bonds. The highest BCUT2D eigenvalue weighted by atomic mass is 35.5. The van der Waals surface area contributed by atoms with Gasteiger partial charge in [-0.15, -0.1) is 0 Å². The molecule has 0 radical (unpaired) electrons. The molecule has 0 fully saturated rings. The molecule has 6 heteroatoms. The Hall–Kier alpha value is -2.40. The van der Waals surface area contributed by atoms with E-state index in [0.29, 0.717) is 23.1 Å². The summed E-state index contributed by atoms with van der Waals surface area (Å²) in [5.74, 6) is 0.197. The molecule has 0 aliphatic carbocycles. The van der Waals surface area contributed by atoms with Crippen LogP contribution in [0.3, 0.4) is 0 Å². The van der Waals surface area contributed by atoms with Gasteiger partial charge < -0.3 is 20.5 Å². The van der Waals surface area contributed by atoms with E-state index in [1.165, 1.54) is 18.2 Å². The van der Waals surface area contributed by atoms with Crippen LogP contribution in [0.5, 0.6) is 11.5 Å². The number of methoxy groups -OCH3 is 1. The van der Waals surface area contributed by atoms with Crippen molar-refractivity contribution in [3.8, 4) is 11.5 Å². The van der Waals surface area contributed by atoms with Gasteiger partial charge in [0.2, 0.25) is 0 Å². The van der Waals surface area contributed by atoms with Crippen LogP contribution in [0.4, 0.5) is 5.69 Å². The van der Waals surface area contributed by atoms with Gasteiger partial charge in [0.25, 0.3) is 5.91 Å². The summed E-state index contributed by atoms with van der Waals surface area (Å²) in [7, 11) is 1.52. The molecule has 128 valence electrons. The van der Waals surface area contributed by atoms with Crippen molar-refractivity contribution >= 4 is 23.2 Å². The van der Waals surface area contributed by atoms with Crippen LogP contribution >= 0.6 is 11.6 Å². The van der Waals surface area contributed by atoms with Gasteiger partial charge in [0.15, 0.2) is 18.1 Å². The van der Waals surface area contributed by atoms with Crippen LogP contribution in [-0.4, -0.2) is 19.6 Å². The maximum Gasteiger partial charge on any atom is 0.255 e. The fraction of sp³-hybridized carbons (Fsp3) is 0.278. The van der Waals surface area contributed by atoms with E-state index in [-0.39, 0.29) is 6.61 Å². The molecule has 0 aliphatic rings. The van der Waals surface area contributed by atoms with Crippen LogP contribution in [0.15, 0.2) is 30.3 Å². The van der Waals surface area contributed by atoms with Gasteiger partial charge in [0.05, 0.1) is 12.1 Å². The Balaban J connectivity index is 2.16. The zero-order valence-electron chi connectivity index (χ0n) is 14.0. The van der Waals surface area contributed by atoms with Gasteiger partial charge in [-0.2, -0.15) is 0 Å². The van der Waals surface area contributed by atoms with E-state index >= 15 is 0 Å². The lowest BCUT2D eigenvalue weighted by atomic mass is 10.1. The number of benzene rings is 2. The molecule has 0 bridgehead atoms. The molecule has 0 spiro atoms. The number of amides is 1. The normalized spacial score (nSPS) is 10.3. The first-order chi connectivity index (χ1) is 11.4. The van der Waals surface area contributed by atoms with E-state index in [4.69, 9.17) is 26.8 Å². The summed E-state index contributed by atoms with van der Waals surface area (Å²) in [6.45, 7) is 4.45. The van der Waals surface area contributed by atoms with Crippen LogP contribution in [0.1, 0.15) is 16.7 Å². The van der Waals surface area contributed by atoms with Crippen molar-refractivity contribution in [2.75, 3.05) is 19.0 Å². The number of carbonyl (C=O) groups is 1. The number of nitrogens with two attached hydrogens (primary N) is 1. The molecular weight excluding hydrogens is 328 g/mol. The molecule has 0 atom stereocenters. The molecule has 2 aromatic rings. The van der Waals surface area contributed by atoms with Gasteiger partial charge in [0, 0.05) is 12.2 Å². The van der Waals surface area contributed by atoms with Gasteiger partial charge in [-0.05, 0) is 43.2 Å². The Morgan fingerprint density at radius 2 is 2.00 bits per heavy atom. The number of rotatable bonds is 7. The fourth-order valence-corrected chi connectivity index (χ4v) is 2.66. The van der Waals surface area contributed by atoms with Crippen LogP contribution in [0.25, 0.3) is 0 Å². The summed E-state index contributed by atoms with van der Waals surface area (Å²) in [5.41, 5.74) is 9.48. The molecule has 0 saturated heterocycles. The first-order valence-corrected chi connectivity index (χ1v) is 7.87. The average Bonchev–Trinajstić information content (AvgIpc) is 2.52. The van der Waals surface area contributed by atoms with Crippen LogP contribution in [0, 0.1) is 13.8 Å². The molecule has 0 aliphatic heterocycles. The van der Waals surface area contributed by atoms with Gasteiger partial charge in [-0.25, -0.2) is 0 Å². The molecule has 24 heavy (non-hydrogen) atoms. The highest BCUT2D eigenvalue weighted by Crippen LogP contribution is 2.36. The largest absolute Gasteiger partial charge is 0.493 e. The predicted molar refractivity (Wildman–Crippen MR) is 95.9 cm³/mol. The summed E-state index contributed by atoms with van der Waals surface area (Å²) in [6.07, 6.45) is 0. The minimum atomic E-state index is -0.575. The molecule has 0 unspecified atom stereocenters. The van der Waals surface area contributed by atoms with Crippen molar-refractivity contribution in [3.63, 3.8) is 0 Å². The molecular formula is C18H21ClN2O3. The minimum Gasteiger partial charge on any atom is -0.493 e. The van der Waals surface area contributed by atoms with Crippen LogP contribution in [-0.2, 0) is 11.3 Å². The number of aryl methyl sites for hydroxylation is 2. The average molecular weight is 349 g/mol. The first-order valence-electron chi connectivity index (χ1n) is 7.49. The van der Waals surface area contributed by atoms with Crippen LogP contribution < -0.4 is 20.5 Å². The minimum absolute atomic E-state index is 0.254. The number of hydrogen-bond donors (Lipinski definition) is 2.